The fourth-order valence-electron chi connectivity index (χ4n) is 4.89. The molecule has 7 nitrogen and oxygen atoms in total. The Kier molecular flexibility index (Phi) is 6.46. The SMILES string of the molecule is COc1cncc(-c2ccc3[nH]nc(-c4cc5c(-c6cc(F)cc(NCCN(C)C)c6)cccc5[nH]4)c3c2)c1. The van der Waals surface area contributed by atoms with Gasteiger partial charge in [-0.25, -0.2) is 4.39 Å². The quantitative estimate of drug-likeness (QED) is 0.212. The van der Waals surface area contributed by atoms with Crippen LogP contribution in [-0.4, -0.2) is 59.4 Å². The first kappa shape index (κ1) is 24.6. The maximum atomic E-state index is 14.6. The molecule has 3 heterocycles. The highest BCUT2D eigenvalue weighted by Gasteiger charge is 2.15. The molecule has 0 aliphatic heterocycles. The van der Waals surface area contributed by atoms with E-state index in [-0.39, 0.29) is 5.82 Å². The van der Waals surface area contributed by atoms with Crippen LogP contribution in [0.25, 0.3) is 55.4 Å². The van der Waals surface area contributed by atoms with Crippen LogP contribution in [0.3, 0.4) is 0 Å². The molecule has 0 amide bonds. The van der Waals surface area contributed by atoms with E-state index in [1.807, 2.05) is 62.8 Å². The summed E-state index contributed by atoms with van der Waals surface area (Å²) in [6.45, 7) is 1.59. The number of rotatable bonds is 8. The minimum Gasteiger partial charge on any atom is -0.495 e. The van der Waals surface area contributed by atoms with Gasteiger partial charge in [0.1, 0.15) is 17.3 Å². The molecule has 0 radical (unpaired) electrons. The Labute approximate surface area is 225 Å². The van der Waals surface area contributed by atoms with E-state index >= 15 is 0 Å². The maximum absolute atomic E-state index is 14.6. The van der Waals surface area contributed by atoms with Crippen molar-refractivity contribution in [3.8, 4) is 39.4 Å². The second-order valence-corrected chi connectivity index (χ2v) is 9.85. The summed E-state index contributed by atoms with van der Waals surface area (Å²) < 4.78 is 20.0. The van der Waals surface area contributed by atoms with E-state index in [9.17, 15) is 4.39 Å². The number of aromatic amines is 2. The number of benzene rings is 3. The van der Waals surface area contributed by atoms with Crippen LogP contribution in [-0.2, 0) is 0 Å². The van der Waals surface area contributed by atoms with Crippen LogP contribution in [0.5, 0.6) is 5.75 Å². The van der Waals surface area contributed by atoms with Gasteiger partial charge in [-0.15, -0.1) is 0 Å². The van der Waals surface area contributed by atoms with Gasteiger partial charge in [0, 0.05) is 46.8 Å². The number of ether oxygens (including phenoxy) is 1. The number of H-pyrrole nitrogens is 2. The fraction of sp³-hybridized carbons (Fsp3) is 0.161. The highest BCUT2D eigenvalue weighted by atomic mass is 19.1. The largest absolute Gasteiger partial charge is 0.495 e. The first-order valence-corrected chi connectivity index (χ1v) is 12.8. The van der Waals surface area contributed by atoms with Gasteiger partial charge in [-0.3, -0.25) is 10.1 Å². The third kappa shape index (κ3) is 4.94. The third-order valence-corrected chi connectivity index (χ3v) is 6.86. The topological polar surface area (TPSA) is 81.9 Å². The Bertz CT molecular complexity index is 1790. The molecule has 39 heavy (non-hydrogen) atoms. The molecule has 6 rings (SSSR count). The highest BCUT2D eigenvalue weighted by Crippen LogP contribution is 2.36. The average Bonchev–Trinajstić information content (AvgIpc) is 3.56. The fourth-order valence-corrected chi connectivity index (χ4v) is 4.89. The number of aromatic nitrogens is 4. The van der Waals surface area contributed by atoms with E-state index in [1.165, 1.54) is 6.07 Å². The molecule has 3 aromatic carbocycles. The van der Waals surface area contributed by atoms with Crippen molar-refractivity contribution in [3.05, 3.63) is 84.9 Å². The van der Waals surface area contributed by atoms with Gasteiger partial charge >= 0.3 is 0 Å². The lowest BCUT2D eigenvalue weighted by Crippen LogP contribution is -2.20. The molecule has 0 bridgehead atoms. The van der Waals surface area contributed by atoms with Gasteiger partial charge in [-0.2, -0.15) is 5.10 Å². The zero-order valence-electron chi connectivity index (χ0n) is 22.0. The maximum Gasteiger partial charge on any atom is 0.137 e. The normalized spacial score (nSPS) is 11.5. The molecule has 3 N–H and O–H groups in total. The highest BCUT2D eigenvalue weighted by molar-refractivity contribution is 6.02. The Hall–Kier alpha value is -4.69. The number of hydrogen-bond donors (Lipinski definition) is 3. The van der Waals surface area contributed by atoms with Gasteiger partial charge in [0.25, 0.3) is 0 Å². The third-order valence-electron chi connectivity index (χ3n) is 6.86. The molecule has 0 saturated carbocycles. The molecule has 8 heteroatoms. The van der Waals surface area contributed by atoms with Crippen LogP contribution in [0.2, 0.25) is 0 Å². The summed E-state index contributed by atoms with van der Waals surface area (Å²) in [4.78, 5) is 9.91. The molecule has 0 saturated heterocycles. The number of anilines is 1. The predicted octanol–water partition coefficient (Wildman–Crippen LogP) is 6.56. The first-order chi connectivity index (χ1) is 19.0. The first-order valence-electron chi connectivity index (χ1n) is 12.8. The van der Waals surface area contributed by atoms with Crippen molar-refractivity contribution in [2.24, 2.45) is 0 Å². The molecule has 0 atom stereocenters. The number of fused-ring (bicyclic) bond motifs is 2. The number of pyridine rings is 1. The van der Waals surface area contributed by atoms with Gasteiger partial charge in [-0.1, -0.05) is 18.2 Å². The van der Waals surface area contributed by atoms with Crippen molar-refractivity contribution >= 4 is 27.5 Å². The van der Waals surface area contributed by atoms with Crippen molar-refractivity contribution in [1.29, 1.82) is 0 Å². The van der Waals surface area contributed by atoms with E-state index in [4.69, 9.17) is 4.74 Å². The van der Waals surface area contributed by atoms with Gasteiger partial charge in [0.05, 0.1) is 24.5 Å². The van der Waals surface area contributed by atoms with Gasteiger partial charge in [0.15, 0.2) is 0 Å². The molecule has 196 valence electrons. The molecule has 0 fully saturated rings. The number of methoxy groups -OCH3 is 1. The number of nitrogens with one attached hydrogen (secondary N) is 3. The lowest BCUT2D eigenvalue weighted by molar-refractivity contribution is 0.413. The van der Waals surface area contributed by atoms with Gasteiger partial charge in [-0.05, 0) is 79.3 Å². The molecular weight excluding hydrogens is 491 g/mol. The van der Waals surface area contributed by atoms with Crippen molar-refractivity contribution in [2.45, 2.75) is 0 Å². The summed E-state index contributed by atoms with van der Waals surface area (Å²) in [7, 11) is 5.67. The van der Waals surface area contributed by atoms with Crippen molar-refractivity contribution in [3.63, 3.8) is 0 Å². The van der Waals surface area contributed by atoms with Crippen molar-refractivity contribution in [1.82, 2.24) is 25.1 Å². The van der Waals surface area contributed by atoms with Crippen LogP contribution in [0.1, 0.15) is 0 Å². The second-order valence-electron chi connectivity index (χ2n) is 9.85. The number of halogens is 1. The smallest absolute Gasteiger partial charge is 0.137 e. The summed E-state index contributed by atoms with van der Waals surface area (Å²) in [6, 6.07) is 21.4. The molecule has 0 spiro atoms. The van der Waals surface area contributed by atoms with E-state index in [2.05, 4.69) is 42.5 Å². The lowest BCUT2D eigenvalue weighted by atomic mass is 10.0. The summed E-state index contributed by atoms with van der Waals surface area (Å²) >= 11 is 0. The molecule has 0 aliphatic carbocycles. The number of nitrogens with zero attached hydrogens (tertiary/aromatic N) is 3. The molecule has 6 aromatic rings. The van der Waals surface area contributed by atoms with Gasteiger partial charge in [0.2, 0.25) is 0 Å². The van der Waals surface area contributed by atoms with Crippen LogP contribution >= 0.6 is 0 Å². The minimum absolute atomic E-state index is 0.273. The molecule has 3 aromatic heterocycles. The number of hydrogen-bond acceptors (Lipinski definition) is 5. The predicted molar refractivity (Wildman–Crippen MR) is 156 cm³/mol. The Morgan fingerprint density at radius 1 is 0.897 bits per heavy atom. The van der Waals surface area contributed by atoms with Crippen LogP contribution in [0, 0.1) is 5.82 Å². The molecule has 0 aliphatic rings. The van der Waals surface area contributed by atoms with Crippen molar-refractivity contribution in [2.75, 3.05) is 39.6 Å². The zero-order chi connectivity index (χ0) is 26.9. The summed E-state index contributed by atoms with van der Waals surface area (Å²) in [5.74, 6) is 0.432. The Morgan fingerprint density at radius 3 is 2.64 bits per heavy atom. The Balaban J connectivity index is 1.40. The molecular formula is C31H29FN6O. The van der Waals surface area contributed by atoms with E-state index in [0.717, 1.165) is 74.2 Å². The average molecular weight is 521 g/mol. The van der Waals surface area contributed by atoms with Crippen molar-refractivity contribution < 1.29 is 9.13 Å². The minimum atomic E-state index is -0.273. The summed E-state index contributed by atoms with van der Waals surface area (Å²) in [5.41, 5.74) is 8.09. The van der Waals surface area contributed by atoms with Crippen LogP contribution < -0.4 is 10.1 Å². The summed E-state index contributed by atoms with van der Waals surface area (Å²) in [5, 5.41) is 13.1. The Morgan fingerprint density at radius 2 is 1.79 bits per heavy atom. The standard InChI is InChI=1S/C31H29FN6O/c1-38(2)10-9-34-23-12-20(11-22(32)15-23)25-5-4-6-28-26(25)16-30(35-28)31-27-14-19(7-8-29(27)36-37-31)21-13-24(39-3)18-33-17-21/h4-8,11-18,34-35H,9-10H2,1-3H3,(H,36,37). The second kappa shape index (κ2) is 10.2. The summed E-state index contributed by atoms with van der Waals surface area (Å²) in [6.07, 6.45) is 3.51. The monoisotopic (exact) mass is 520 g/mol. The van der Waals surface area contributed by atoms with Crippen LogP contribution in [0.15, 0.2) is 79.1 Å². The van der Waals surface area contributed by atoms with E-state index in [1.54, 1.807) is 19.4 Å². The zero-order valence-corrected chi connectivity index (χ0v) is 22.0. The van der Waals surface area contributed by atoms with Gasteiger partial charge < -0.3 is 19.9 Å². The van der Waals surface area contributed by atoms with E-state index in [0.29, 0.717) is 5.75 Å². The lowest BCUT2D eigenvalue weighted by Gasteiger charge is -2.13. The van der Waals surface area contributed by atoms with Crippen LogP contribution in [0.4, 0.5) is 10.1 Å². The van der Waals surface area contributed by atoms with E-state index < -0.39 is 0 Å². The molecule has 0 unspecified atom stereocenters. The number of likely N-dealkylation sites (N-methyl/N-ethyl adjacent to an activating group) is 1.